The minimum Gasteiger partial charge on any atom is -0.494 e. The molecular formula is C25H25ClN2O6S. The van der Waals surface area contributed by atoms with Gasteiger partial charge in [0, 0.05) is 5.69 Å². The van der Waals surface area contributed by atoms with Crippen LogP contribution in [0.3, 0.4) is 0 Å². The zero-order valence-electron chi connectivity index (χ0n) is 19.2. The molecule has 10 heteroatoms. The number of hydrogen-bond donors (Lipinski definition) is 1. The number of hydrogen-bond acceptors (Lipinski definition) is 6. The SMILES string of the molecule is CCOC(=O)c1ccc(NC(=O)CN(c2ccccc2)S(=O)(=O)c2ccc(OCC)cc2)cc1Cl. The van der Waals surface area contributed by atoms with Crippen molar-refractivity contribution in [2.45, 2.75) is 18.7 Å². The highest BCUT2D eigenvalue weighted by molar-refractivity contribution is 7.92. The second kappa shape index (κ2) is 11.7. The first-order chi connectivity index (χ1) is 16.8. The van der Waals surface area contributed by atoms with Crippen molar-refractivity contribution in [3.05, 3.63) is 83.4 Å². The molecule has 0 bridgehead atoms. The molecule has 0 spiro atoms. The van der Waals surface area contributed by atoms with Gasteiger partial charge in [0.05, 0.1) is 34.4 Å². The van der Waals surface area contributed by atoms with Crippen molar-refractivity contribution in [3.63, 3.8) is 0 Å². The Morgan fingerprint density at radius 2 is 1.63 bits per heavy atom. The molecule has 0 aliphatic carbocycles. The first kappa shape index (κ1) is 26.1. The van der Waals surface area contributed by atoms with Crippen molar-refractivity contribution < 1.29 is 27.5 Å². The minimum atomic E-state index is -4.08. The van der Waals surface area contributed by atoms with Crippen LogP contribution in [-0.4, -0.2) is 40.1 Å². The van der Waals surface area contributed by atoms with Crippen LogP contribution in [0.1, 0.15) is 24.2 Å². The fraction of sp³-hybridized carbons (Fsp3) is 0.200. The first-order valence-corrected chi connectivity index (χ1v) is 12.6. The van der Waals surface area contributed by atoms with Gasteiger partial charge in [0.2, 0.25) is 5.91 Å². The fourth-order valence-electron chi connectivity index (χ4n) is 3.21. The molecule has 3 rings (SSSR count). The van der Waals surface area contributed by atoms with Crippen molar-refractivity contribution in [1.82, 2.24) is 0 Å². The van der Waals surface area contributed by atoms with E-state index in [9.17, 15) is 18.0 Å². The number of esters is 1. The molecule has 0 saturated heterocycles. The quantitative estimate of drug-likeness (QED) is 0.390. The topological polar surface area (TPSA) is 102 Å². The van der Waals surface area contributed by atoms with E-state index in [0.29, 0.717) is 23.7 Å². The summed E-state index contributed by atoms with van der Waals surface area (Å²) in [5.41, 5.74) is 0.794. The normalized spacial score (nSPS) is 10.9. The van der Waals surface area contributed by atoms with E-state index in [0.717, 1.165) is 4.31 Å². The van der Waals surface area contributed by atoms with Crippen LogP contribution < -0.4 is 14.4 Å². The summed E-state index contributed by atoms with van der Waals surface area (Å²) in [6.45, 7) is 3.67. The second-order valence-corrected chi connectivity index (χ2v) is 9.48. The molecular weight excluding hydrogens is 492 g/mol. The summed E-state index contributed by atoms with van der Waals surface area (Å²) in [7, 11) is -4.08. The molecule has 0 unspecified atom stereocenters. The van der Waals surface area contributed by atoms with Crippen LogP contribution in [0, 0.1) is 0 Å². The third-order valence-corrected chi connectivity index (χ3v) is 6.90. The van der Waals surface area contributed by atoms with Crippen LogP contribution in [0.4, 0.5) is 11.4 Å². The number of carbonyl (C=O) groups is 2. The lowest BCUT2D eigenvalue weighted by Crippen LogP contribution is -2.38. The number of halogens is 1. The summed E-state index contributed by atoms with van der Waals surface area (Å²) in [4.78, 5) is 24.8. The number of sulfonamides is 1. The highest BCUT2D eigenvalue weighted by Crippen LogP contribution is 2.26. The number of amides is 1. The van der Waals surface area contributed by atoms with Gasteiger partial charge in [0.15, 0.2) is 0 Å². The van der Waals surface area contributed by atoms with Crippen molar-refractivity contribution in [3.8, 4) is 5.75 Å². The van der Waals surface area contributed by atoms with E-state index in [1.807, 2.05) is 6.92 Å². The highest BCUT2D eigenvalue weighted by Gasteiger charge is 2.27. The smallest absolute Gasteiger partial charge is 0.339 e. The standard InChI is InChI=1S/C25H25ClN2O6S/c1-3-33-20-11-13-21(14-12-20)35(31,32)28(19-8-6-5-7-9-19)17-24(29)27-18-10-15-22(23(26)16-18)25(30)34-4-2/h5-16H,3-4,17H2,1-2H3,(H,27,29). The number of nitrogens with one attached hydrogen (secondary N) is 1. The monoisotopic (exact) mass is 516 g/mol. The Balaban J connectivity index is 1.84. The molecule has 184 valence electrons. The Morgan fingerprint density at radius 3 is 2.23 bits per heavy atom. The zero-order valence-corrected chi connectivity index (χ0v) is 20.8. The van der Waals surface area contributed by atoms with Gasteiger partial charge in [-0.05, 0) is 68.4 Å². The first-order valence-electron chi connectivity index (χ1n) is 10.8. The Bertz CT molecular complexity index is 1280. The molecule has 0 aliphatic heterocycles. The third kappa shape index (κ3) is 6.52. The number of ether oxygens (including phenoxy) is 2. The Labute approximate surface area is 209 Å². The molecule has 0 aliphatic rings. The van der Waals surface area contributed by atoms with Gasteiger partial charge in [0.1, 0.15) is 12.3 Å². The number of para-hydroxylation sites is 1. The summed E-state index contributed by atoms with van der Waals surface area (Å²) in [6, 6.07) is 18.6. The van der Waals surface area contributed by atoms with Crippen LogP contribution in [0.15, 0.2) is 77.7 Å². The van der Waals surface area contributed by atoms with E-state index in [1.54, 1.807) is 49.4 Å². The molecule has 0 fully saturated rings. The Hall–Kier alpha value is -3.56. The molecule has 0 radical (unpaired) electrons. The van der Waals surface area contributed by atoms with Crippen LogP contribution in [0.2, 0.25) is 5.02 Å². The van der Waals surface area contributed by atoms with Gasteiger partial charge < -0.3 is 14.8 Å². The minimum absolute atomic E-state index is 0.0134. The summed E-state index contributed by atoms with van der Waals surface area (Å²) >= 11 is 6.16. The third-order valence-electron chi connectivity index (χ3n) is 4.80. The average molecular weight is 517 g/mol. The molecule has 3 aromatic carbocycles. The fourth-order valence-corrected chi connectivity index (χ4v) is 4.89. The molecule has 1 amide bonds. The van der Waals surface area contributed by atoms with E-state index in [4.69, 9.17) is 21.1 Å². The van der Waals surface area contributed by atoms with Gasteiger partial charge in [-0.2, -0.15) is 0 Å². The number of rotatable bonds is 10. The average Bonchev–Trinajstić information content (AvgIpc) is 2.84. The van der Waals surface area contributed by atoms with Gasteiger partial charge in [-0.1, -0.05) is 29.8 Å². The lowest BCUT2D eigenvalue weighted by atomic mass is 10.2. The van der Waals surface area contributed by atoms with Gasteiger partial charge in [-0.15, -0.1) is 0 Å². The van der Waals surface area contributed by atoms with Crippen molar-refractivity contribution >= 4 is 44.9 Å². The van der Waals surface area contributed by atoms with Gasteiger partial charge in [-0.25, -0.2) is 13.2 Å². The van der Waals surface area contributed by atoms with Gasteiger partial charge >= 0.3 is 5.97 Å². The Morgan fingerprint density at radius 1 is 0.943 bits per heavy atom. The molecule has 0 heterocycles. The maximum absolute atomic E-state index is 13.5. The molecule has 35 heavy (non-hydrogen) atoms. The van der Waals surface area contributed by atoms with E-state index >= 15 is 0 Å². The van der Waals surface area contributed by atoms with Crippen LogP contribution in [-0.2, 0) is 19.6 Å². The van der Waals surface area contributed by atoms with Crippen LogP contribution >= 0.6 is 11.6 Å². The van der Waals surface area contributed by atoms with Crippen LogP contribution in [0.25, 0.3) is 0 Å². The predicted molar refractivity (Wildman–Crippen MR) is 135 cm³/mol. The number of anilines is 2. The van der Waals surface area contributed by atoms with Gasteiger partial charge in [0.25, 0.3) is 10.0 Å². The molecule has 0 aromatic heterocycles. The van der Waals surface area contributed by atoms with Crippen LogP contribution in [0.5, 0.6) is 5.75 Å². The summed E-state index contributed by atoms with van der Waals surface area (Å²) < 4.78 is 38.3. The number of carbonyl (C=O) groups excluding carboxylic acids is 2. The maximum Gasteiger partial charge on any atom is 0.339 e. The van der Waals surface area contributed by atoms with Crippen molar-refractivity contribution in [2.24, 2.45) is 0 Å². The Kier molecular flexibility index (Phi) is 8.73. The highest BCUT2D eigenvalue weighted by atomic mass is 35.5. The van der Waals surface area contributed by atoms with E-state index in [2.05, 4.69) is 5.32 Å². The summed E-state index contributed by atoms with van der Waals surface area (Å²) in [5, 5.41) is 2.73. The van der Waals surface area contributed by atoms with E-state index in [-0.39, 0.29) is 22.1 Å². The lowest BCUT2D eigenvalue weighted by molar-refractivity contribution is -0.114. The van der Waals surface area contributed by atoms with E-state index in [1.165, 1.54) is 30.3 Å². The molecule has 0 saturated carbocycles. The summed E-state index contributed by atoms with van der Waals surface area (Å²) in [6.07, 6.45) is 0. The molecule has 8 nitrogen and oxygen atoms in total. The molecule has 0 atom stereocenters. The zero-order chi connectivity index (χ0) is 25.4. The number of nitrogens with zero attached hydrogens (tertiary/aromatic N) is 1. The van der Waals surface area contributed by atoms with Crippen molar-refractivity contribution in [1.29, 1.82) is 0 Å². The number of benzene rings is 3. The maximum atomic E-state index is 13.5. The molecule has 1 N–H and O–H groups in total. The van der Waals surface area contributed by atoms with E-state index < -0.39 is 28.4 Å². The van der Waals surface area contributed by atoms with Gasteiger partial charge in [-0.3, -0.25) is 9.10 Å². The second-order valence-electron chi connectivity index (χ2n) is 7.21. The lowest BCUT2D eigenvalue weighted by Gasteiger charge is -2.24. The predicted octanol–water partition coefficient (Wildman–Crippen LogP) is 4.75. The molecule has 3 aromatic rings. The largest absolute Gasteiger partial charge is 0.494 e. The summed E-state index contributed by atoms with van der Waals surface area (Å²) in [5.74, 6) is -0.631. The van der Waals surface area contributed by atoms with Crippen molar-refractivity contribution in [2.75, 3.05) is 29.4 Å².